The second-order valence-corrected chi connectivity index (χ2v) is 5.40. The summed E-state index contributed by atoms with van der Waals surface area (Å²) in [6, 6.07) is 3.74. The summed E-state index contributed by atoms with van der Waals surface area (Å²) < 4.78 is 5.10. The number of carbonyl (C=O) groups excluding carboxylic acids is 1. The first-order chi connectivity index (χ1) is 8.55. The van der Waals surface area contributed by atoms with Crippen molar-refractivity contribution in [3.8, 4) is 0 Å². The maximum Gasteiger partial charge on any atom is 0.331 e. The summed E-state index contributed by atoms with van der Waals surface area (Å²) in [5.41, 5.74) is -1.26. The summed E-state index contributed by atoms with van der Waals surface area (Å²) in [4.78, 5) is 24.3. The van der Waals surface area contributed by atoms with Crippen LogP contribution < -0.4 is 5.32 Å². The van der Waals surface area contributed by atoms with Gasteiger partial charge in [0.25, 0.3) is 0 Å². The predicted molar refractivity (Wildman–Crippen MR) is 66.7 cm³/mol. The highest BCUT2D eigenvalue weighted by molar-refractivity contribution is 7.10. The predicted octanol–water partition coefficient (Wildman–Crippen LogP) is 1.21. The lowest BCUT2D eigenvalue weighted by atomic mass is 9.97. The minimum atomic E-state index is -1.26. The summed E-state index contributed by atoms with van der Waals surface area (Å²) in [7, 11) is 0. The molecule has 0 aromatic carbocycles. The molecule has 1 aromatic heterocycles. The van der Waals surface area contributed by atoms with E-state index in [-0.39, 0.29) is 18.4 Å². The highest BCUT2D eigenvalue weighted by atomic mass is 32.1. The fraction of sp³-hybridized carbons (Fsp3) is 0.500. The Morgan fingerprint density at radius 3 is 2.89 bits per heavy atom. The zero-order valence-electron chi connectivity index (χ0n) is 10.0. The van der Waals surface area contributed by atoms with Crippen molar-refractivity contribution in [1.82, 2.24) is 5.32 Å². The molecule has 1 saturated heterocycles. The van der Waals surface area contributed by atoms with Crippen LogP contribution in [0.3, 0.4) is 0 Å². The van der Waals surface area contributed by atoms with Crippen LogP contribution in [0.4, 0.5) is 0 Å². The number of amides is 1. The van der Waals surface area contributed by atoms with Gasteiger partial charge in [-0.05, 0) is 18.4 Å². The van der Waals surface area contributed by atoms with Crippen LogP contribution in [0.2, 0.25) is 0 Å². The zero-order chi connectivity index (χ0) is 13.2. The standard InChI is InChI=1S/C12H15NO4S/c1-8(9-3-2-6-18-9)10(14)13-12(11(15)16)4-5-17-7-12/h2-3,6,8H,4-5,7H2,1H3,(H,13,14)(H,15,16). The molecule has 1 fully saturated rings. The topological polar surface area (TPSA) is 75.6 Å². The molecule has 2 rings (SSSR count). The molecule has 0 spiro atoms. The van der Waals surface area contributed by atoms with E-state index in [1.54, 1.807) is 6.92 Å². The molecule has 18 heavy (non-hydrogen) atoms. The van der Waals surface area contributed by atoms with Crippen LogP contribution in [0, 0.1) is 0 Å². The fourth-order valence-corrected chi connectivity index (χ4v) is 2.68. The number of aliphatic carboxylic acids is 1. The Hall–Kier alpha value is -1.40. The first kappa shape index (κ1) is 13.0. The molecule has 0 bridgehead atoms. The van der Waals surface area contributed by atoms with Gasteiger partial charge < -0.3 is 15.2 Å². The highest BCUT2D eigenvalue weighted by Crippen LogP contribution is 2.24. The molecule has 0 saturated carbocycles. The van der Waals surface area contributed by atoms with Crippen LogP contribution in [0.15, 0.2) is 17.5 Å². The lowest BCUT2D eigenvalue weighted by Gasteiger charge is -2.25. The van der Waals surface area contributed by atoms with E-state index in [0.717, 1.165) is 4.88 Å². The first-order valence-corrected chi connectivity index (χ1v) is 6.60. The molecule has 0 aliphatic carbocycles. The number of carbonyl (C=O) groups is 2. The lowest BCUT2D eigenvalue weighted by molar-refractivity contribution is -0.147. The van der Waals surface area contributed by atoms with Crippen LogP contribution in [-0.2, 0) is 14.3 Å². The maximum atomic E-state index is 12.1. The zero-order valence-corrected chi connectivity index (χ0v) is 10.8. The molecule has 1 aliphatic heterocycles. The Balaban J connectivity index is 2.08. The van der Waals surface area contributed by atoms with E-state index < -0.39 is 11.5 Å². The molecule has 1 amide bonds. The van der Waals surface area contributed by atoms with E-state index >= 15 is 0 Å². The molecule has 2 N–H and O–H groups in total. The lowest BCUT2D eigenvalue weighted by Crippen LogP contribution is -2.56. The molecule has 2 atom stereocenters. The normalized spacial score (nSPS) is 24.7. The number of carboxylic acids is 1. The third-order valence-electron chi connectivity index (χ3n) is 3.16. The first-order valence-electron chi connectivity index (χ1n) is 5.72. The summed E-state index contributed by atoms with van der Waals surface area (Å²) in [5.74, 6) is -1.65. The monoisotopic (exact) mass is 269 g/mol. The van der Waals surface area contributed by atoms with Gasteiger partial charge in [0.2, 0.25) is 5.91 Å². The van der Waals surface area contributed by atoms with Crippen molar-refractivity contribution in [2.75, 3.05) is 13.2 Å². The van der Waals surface area contributed by atoms with Gasteiger partial charge in [-0.25, -0.2) is 4.79 Å². The minimum absolute atomic E-state index is 0.0330. The number of hydrogen-bond acceptors (Lipinski definition) is 4. The van der Waals surface area contributed by atoms with Gasteiger partial charge in [0.15, 0.2) is 5.54 Å². The van der Waals surface area contributed by atoms with Gasteiger partial charge in [-0.2, -0.15) is 0 Å². The SMILES string of the molecule is CC(C(=O)NC1(C(=O)O)CCOC1)c1cccs1. The van der Waals surface area contributed by atoms with E-state index in [0.29, 0.717) is 13.0 Å². The van der Waals surface area contributed by atoms with E-state index in [9.17, 15) is 14.7 Å². The summed E-state index contributed by atoms with van der Waals surface area (Å²) in [5, 5.41) is 13.7. The third-order valence-corrected chi connectivity index (χ3v) is 4.21. The van der Waals surface area contributed by atoms with E-state index in [1.165, 1.54) is 11.3 Å². The number of rotatable bonds is 4. The number of nitrogens with one attached hydrogen (secondary N) is 1. The van der Waals surface area contributed by atoms with Crippen molar-refractivity contribution in [3.05, 3.63) is 22.4 Å². The van der Waals surface area contributed by atoms with Gasteiger partial charge in [-0.15, -0.1) is 11.3 Å². The second kappa shape index (κ2) is 5.07. The molecule has 0 radical (unpaired) electrons. The molecule has 1 aromatic rings. The van der Waals surface area contributed by atoms with Crippen LogP contribution in [0.25, 0.3) is 0 Å². The molecule has 1 aliphatic rings. The number of ether oxygens (including phenoxy) is 1. The summed E-state index contributed by atoms with van der Waals surface area (Å²) >= 11 is 1.49. The van der Waals surface area contributed by atoms with Crippen molar-refractivity contribution in [2.45, 2.75) is 24.8 Å². The molecule has 2 heterocycles. The summed E-state index contributed by atoms with van der Waals surface area (Å²) in [6.07, 6.45) is 0.311. The van der Waals surface area contributed by atoms with Gasteiger partial charge in [0.05, 0.1) is 12.5 Å². The van der Waals surface area contributed by atoms with E-state index in [2.05, 4.69) is 5.32 Å². The third kappa shape index (κ3) is 2.39. The molecule has 98 valence electrons. The van der Waals surface area contributed by atoms with Crippen LogP contribution in [0.5, 0.6) is 0 Å². The fourth-order valence-electron chi connectivity index (χ4n) is 1.90. The van der Waals surface area contributed by atoms with Crippen molar-refractivity contribution in [3.63, 3.8) is 0 Å². The van der Waals surface area contributed by atoms with Crippen LogP contribution in [0.1, 0.15) is 24.1 Å². The average molecular weight is 269 g/mol. The van der Waals surface area contributed by atoms with Crippen molar-refractivity contribution in [2.24, 2.45) is 0 Å². The Labute approximate surface area is 109 Å². The number of hydrogen-bond donors (Lipinski definition) is 2. The Bertz CT molecular complexity index is 437. The Morgan fingerprint density at radius 2 is 2.39 bits per heavy atom. The molecule has 2 unspecified atom stereocenters. The van der Waals surface area contributed by atoms with Gasteiger partial charge in [-0.1, -0.05) is 6.07 Å². The summed E-state index contributed by atoms with van der Waals surface area (Å²) in [6.45, 7) is 2.16. The minimum Gasteiger partial charge on any atom is -0.479 e. The Morgan fingerprint density at radius 1 is 1.61 bits per heavy atom. The molecular weight excluding hydrogens is 254 g/mol. The Kier molecular flexibility index (Phi) is 3.68. The van der Waals surface area contributed by atoms with Crippen LogP contribution in [-0.4, -0.2) is 35.7 Å². The second-order valence-electron chi connectivity index (χ2n) is 4.42. The molecule has 6 heteroatoms. The average Bonchev–Trinajstić information content (AvgIpc) is 2.99. The van der Waals surface area contributed by atoms with Gasteiger partial charge >= 0.3 is 5.97 Å². The quantitative estimate of drug-likeness (QED) is 0.861. The number of thiophene rings is 1. The smallest absolute Gasteiger partial charge is 0.331 e. The maximum absolute atomic E-state index is 12.1. The van der Waals surface area contributed by atoms with Crippen molar-refractivity contribution in [1.29, 1.82) is 0 Å². The molecule has 5 nitrogen and oxygen atoms in total. The van der Waals surface area contributed by atoms with Crippen molar-refractivity contribution >= 4 is 23.2 Å². The number of carboxylic acid groups (broad SMARTS) is 1. The van der Waals surface area contributed by atoms with Gasteiger partial charge in [-0.3, -0.25) is 4.79 Å². The van der Waals surface area contributed by atoms with Gasteiger partial charge in [0, 0.05) is 17.9 Å². The largest absolute Gasteiger partial charge is 0.479 e. The van der Waals surface area contributed by atoms with Gasteiger partial charge in [0.1, 0.15) is 0 Å². The van der Waals surface area contributed by atoms with Crippen LogP contribution >= 0.6 is 11.3 Å². The van der Waals surface area contributed by atoms with E-state index in [4.69, 9.17) is 4.74 Å². The molecular formula is C12H15NO4S. The highest BCUT2D eigenvalue weighted by Gasteiger charge is 2.44. The van der Waals surface area contributed by atoms with E-state index in [1.807, 2.05) is 17.5 Å². The van der Waals surface area contributed by atoms with Crippen molar-refractivity contribution < 1.29 is 19.4 Å².